The monoisotopic (exact) mass is 282 g/mol. The molecule has 3 nitrogen and oxygen atoms in total. The molecule has 1 atom stereocenters. The molecule has 2 rings (SSSR count). The third kappa shape index (κ3) is 2.58. The largest absolute Gasteiger partial charge is 0.495 e. The van der Waals surface area contributed by atoms with E-state index in [-0.39, 0.29) is 0 Å². The van der Waals surface area contributed by atoms with Gasteiger partial charge in [-0.1, -0.05) is 29.3 Å². The van der Waals surface area contributed by atoms with Gasteiger partial charge < -0.3 is 10.5 Å². The Morgan fingerprint density at radius 1 is 1.22 bits per heavy atom. The number of ether oxygens (including phenoxy) is 1. The number of pyridine rings is 1. The van der Waals surface area contributed by atoms with Crippen molar-refractivity contribution in [3.63, 3.8) is 0 Å². The SMILES string of the molecule is COc1cncc(C(N)c2c(Cl)cccc2Cl)c1. The van der Waals surface area contributed by atoms with Crippen LogP contribution in [0, 0.1) is 0 Å². The summed E-state index contributed by atoms with van der Waals surface area (Å²) in [5, 5.41) is 1.08. The predicted molar refractivity (Wildman–Crippen MR) is 73.3 cm³/mol. The van der Waals surface area contributed by atoms with E-state index < -0.39 is 6.04 Å². The second kappa shape index (κ2) is 5.57. The lowest BCUT2D eigenvalue weighted by Crippen LogP contribution is -2.13. The van der Waals surface area contributed by atoms with Gasteiger partial charge in [-0.25, -0.2) is 0 Å². The number of hydrogen-bond acceptors (Lipinski definition) is 3. The molecule has 2 N–H and O–H groups in total. The lowest BCUT2D eigenvalue weighted by molar-refractivity contribution is 0.412. The Hall–Kier alpha value is -1.29. The van der Waals surface area contributed by atoms with Gasteiger partial charge in [0.2, 0.25) is 0 Å². The number of nitrogens with zero attached hydrogens (tertiary/aromatic N) is 1. The van der Waals surface area contributed by atoms with Crippen LogP contribution in [0.3, 0.4) is 0 Å². The second-order valence-electron chi connectivity index (χ2n) is 3.77. The maximum atomic E-state index is 6.18. The Bertz CT molecular complexity index is 540. The molecule has 1 aromatic carbocycles. The zero-order valence-electron chi connectivity index (χ0n) is 9.73. The Morgan fingerprint density at radius 3 is 2.50 bits per heavy atom. The van der Waals surface area contributed by atoms with Crippen molar-refractivity contribution in [2.75, 3.05) is 7.11 Å². The van der Waals surface area contributed by atoms with Crippen molar-refractivity contribution in [3.8, 4) is 5.75 Å². The van der Waals surface area contributed by atoms with E-state index in [9.17, 15) is 0 Å². The summed E-state index contributed by atoms with van der Waals surface area (Å²) in [6, 6.07) is 6.68. The van der Waals surface area contributed by atoms with E-state index >= 15 is 0 Å². The Labute approximate surface area is 115 Å². The second-order valence-corrected chi connectivity index (χ2v) is 4.59. The average Bonchev–Trinajstić information content (AvgIpc) is 2.38. The molecule has 1 unspecified atom stereocenters. The van der Waals surface area contributed by atoms with Crippen LogP contribution < -0.4 is 10.5 Å². The lowest BCUT2D eigenvalue weighted by Gasteiger charge is -2.16. The molecule has 0 aliphatic heterocycles. The van der Waals surface area contributed by atoms with Gasteiger partial charge in [0.1, 0.15) is 5.75 Å². The van der Waals surface area contributed by atoms with E-state index in [2.05, 4.69) is 4.98 Å². The molecule has 0 bridgehead atoms. The molecular formula is C13H12Cl2N2O. The Kier molecular flexibility index (Phi) is 4.07. The van der Waals surface area contributed by atoms with E-state index in [4.69, 9.17) is 33.7 Å². The fourth-order valence-electron chi connectivity index (χ4n) is 1.69. The smallest absolute Gasteiger partial charge is 0.137 e. The molecule has 0 radical (unpaired) electrons. The summed E-state index contributed by atoms with van der Waals surface area (Å²) in [6.07, 6.45) is 3.29. The Morgan fingerprint density at radius 2 is 1.89 bits per heavy atom. The fourth-order valence-corrected chi connectivity index (χ4v) is 2.32. The van der Waals surface area contributed by atoms with Gasteiger partial charge in [0.05, 0.1) is 19.3 Å². The summed E-state index contributed by atoms with van der Waals surface area (Å²) in [7, 11) is 1.58. The van der Waals surface area contributed by atoms with Gasteiger partial charge in [-0.15, -0.1) is 0 Å². The van der Waals surface area contributed by atoms with Gasteiger partial charge in [0.25, 0.3) is 0 Å². The summed E-state index contributed by atoms with van der Waals surface area (Å²) < 4.78 is 5.12. The first kappa shape index (κ1) is 13.1. The van der Waals surface area contributed by atoms with Gasteiger partial charge in [0, 0.05) is 21.8 Å². The lowest BCUT2D eigenvalue weighted by atomic mass is 10.0. The normalized spacial score (nSPS) is 12.2. The highest BCUT2D eigenvalue weighted by atomic mass is 35.5. The standard InChI is InChI=1S/C13H12Cl2N2O/c1-18-9-5-8(6-17-7-9)13(16)12-10(14)3-2-4-11(12)15/h2-7,13H,16H2,1H3. The summed E-state index contributed by atoms with van der Waals surface area (Å²) in [6.45, 7) is 0. The van der Waals surface area contributed by atoms with Crippen molar-refractivity contribution in [1.29, 1.82) is 0 Å². The molecule has 0 amide bonds. The fraction of sp³-hybridized carbons (Fsp3) is 0.154. The molecule has 1 aromatic heterocycles. The highest BCUT2D eigenvalue weighted by Gasteiger charge is 2.16. The topological polar surface area (TPSA) is 48.1 Å². The molecule has 2 aromatic rings. The average molecular weight is 283 g/mol. The van der Waals surface area contributed by atoms with E-state index in [0.29, 0.717) is 21.4 Å². The zero-order chi connectivity index (χ0) is 13.1. The molecule has 5 heteroatoms. The molecule has 0 aliphatic rings. The quantitative estimate of drug-likeness (QED) is 0.938. The molecule has 0 saturated carbocycles. The van der Waals surface area contributed by atoms with Crippen molar-refractivity contribution < 1.29 is 4.74 Å². The summed E-state index contributed by atoms with van der Waals surface area (Å²) in [5.41, 5.74) is 7.66. The molecule has 94 valence electrons. The third-order valence-electron chi connectivity index (χ3n) is 2.64. The van der Waals surface area contributed by atoms with E-state index in [0.717, 1.165) is 5.56 Å². The molecule has 0 spiro atoms. The van der Waals surface area contributed by atoms with Crippen LogP contribution in [-0.4, -0.2) is 12.1 Å². The number of rotatable bonds is 3. The minimum Gasteiger partial charge on any atom is -0.495 e. The number of benzene rings is 1. The van der Waals surface area contributed by atoms with Crippen molar-refractivity contribution in [1.82, 2.24) is 4.98 Å². The molecule has 18 heavy (non-hydrogen) atoms. The maximum absolute atomic E-state index is 6.18. The van der Waals surface area contributed by atoms with Crippen molar-refractivity contribution in [3.05, 3.63) is 57.8 Å². The van der Waals surface area contributed by atoms with Crippen LogP contribution in [0.25, 0.3) is 0 Å². The molecule has 0 fully saturated rings. The van der Waals surface area contributed by atoms with Crippen molar-refractivity contribution >= 4 is 23.2 Å². The first-order valence-electron chi connectivity index (χ1n) is 5.32. The minimum atomic E-state index is -0.436. The zero-order valence-corrected chi connectivity index (χ0v) is 11.2. The number of methoxy groups -OCH3 is 1. The number of halogens is 2. The van der Waals surface area contributed by atoms with Crippen LogP contribution >= 0.6 is 23.2 Å². The van der Waals surface area contributed by atoms with Crippen molar-refractivity contribution in [2.45, 2.75) is 6.04 Å². The van der Waals surface area contributed by atoms with Gasteiger partial charge in [-0.2, -0.15) is 0 Å². The van der Waals surface area contributed by atoms with E-state index in [1.165, 1.54) is 0 Å². The summed E-state index contributed by atoms with van der Waals surface area (Å²) in [5.74, 6) is 0.645. The van der Waals surface area contributed by atoms with Crippen LogP contribution in [0.5, 0.6) is 5.75 Å². The molecule has 0 aliphatic carbocycles. The molecular weight excluding hydrogens is 271 g/mol. The van der Waals surface area contributed by atoms with E-state index in [1.807, 2.05) is 6.07 Å². The summed E-state index contributed by atoms with van der Waals surface area (Å²) >= 11 is 12.3. The van der Waals surface area contributed by atoms with Crippen LogP contribution in [0.2, 0.25) is 10.0 Å². The predicted octanol–water partition coefficient (Wildman–Crippen LogP) is 3.45. The van der Waals surface area contributed by atoms with Crippen LogP contribution in [0.15, 0.2) is 36.7 Å². The summed E-state index contributed by atoms with van der Waals surface area (Å²) in [4.78, 5) is 4.07. The first-order valence-corrected chi connectivity index (χ1v) is 6.07. The number of aromatic nitrogens is 1. The number of nitrogens with two attached hydrogens (primary N) is 1. The highest BCUT2D eigenvalue weighted by molar-refractivity contribution is 6.36. The van der Waals surface area contributed by atoms with Crippen LogP contribution in [0.4, 0.5) is 0 Å². The third-order valence-corrected chi connectivity index (χ3v) is 3.30. The first-order chi connectivity index (χ1) is 8.63. The minimum absolute atomic E-state index is 0.436. The van der Waals surface area contributed by atoms with Crippen molar-refractivity contribution in [2.24, 2.45) is 5.73 Å². The highest BCUT2D eigenvalue weighted by Crippen LogP contribution is 2.33. The van der Waals surface area contributed by atoms with Gasteiger partial charge >= 0.3 is 0 Å². The van der Waals surface area contributed by atoms with Gasteiger partial charge in [0.15, 0.2) is 0 Å². The maximum Gasteiger partial charge on any atom is 0.137 e. The molecule has 1 heterocycles. The Balaban J connectivity index is 2.44. The van der Waals surface area contributed by atoms with Gasteiger partial charge in [-0.3, -0.25) is 4.98 Å². The van der Waals surface area contributed by atoms with E-state index in [1.54, 1.807) is 37.7 Å². The van der Waals surface area contributed by atoms with Gasteiger partial charge in [-0.05, 0) is 23.8 Å². The van der Waals surface area contributed by atoms with Crippen LogP contribution in [0.1, 0.15) is 17.2 Å². The number of hydrogen-bond donors (Lipinski definition) is 1. The molecule has 0 saturated heterocycles. The van der Waals surface area contributed by atoms with Crippen LogP contribution in [-0.2, 0) is 0 Å².